The van der Waals surface area contributed by atoms with Gasteiger partial charge in [-0.15, -0.1) is 13.2 Å². The standard InChI is InChI=1S/C17H14F3N3O3/c1-23-10-21-14(16(15(24)25)8-2-3-9-22-16)13(23)11-4-6-12(7-5-11)26-17(18,19)20/h2-10,22H,1H3,(H,24,25). The molecule has 0 spiro atoms. The van der Waals surface area contributed by atoms with E-state index in [1.54, 1.807) is 23.8 Å². The van der Waals surface area contributed by atoms with Crippen molar-refractivity contribution in [1.82, 2.24) is 14.9 Å². The first kappa shape index (κ1) is 17.6. The third-order valence-corrected chi connectivity index (χ3v) is 3.87. The predicted molar refractivity (Wildman–Crippen MR) is 86.1 cm³/mol. The molecule has 0 bridgehead atoms. The fourth-order valence-electron chi connectivity index (χ4n) is 2.74. The molecule has 26 heavy (non-hydrogen) atoms. The Hall–Kier alpha value is -3.23. The molecular weight excluding hydrogens is 351 g/mol. The van der Waals surface area contributed by atoms with Gasteiger partial charge in [-0.3, -0.25) is 0 Å². The van der Waals surface area contributed by atoms with Crippen molar-refractivity contribution < 1.29 is 27.8 Å². The monoisotopic (exact) mass is 365 g/mol. The van der Waals surface area contributed by atoms with Crippen LogP contribution in [-0.4, -0.2) is 27.0 Å². The quantitative estimate of drug-likeness (QED) is 0.871. The third-order valence-electron chi connectivity index (χ3n) is 3.87. The van der Waals surface area contributed by atoms with Crippen LogP contribution < -0.4 is 10.1 Å². The number of alkyl halides is 3. The Labute approximate surface area is 146 Å². The molecule has 9 heteroatoms. The van der Waals surface area contributed by atoms with Gasteiger partial charge < -0.3 is 19.7 Å². The second-order valence-corrected chi connectivity index (χ2v) is 5.60. The zero-order valence-electron chi connectivity index (χ0n) is 13.5. The highest BCUT2D eigenvalue weighted by Crippen LogP contribution is 2.34. The van der Waals surface area contributed by atoms with Crippen LogP contribution in [-0.2, 0) is 17.4 Å². The number of carbonyl (C=O) groups is 1. The summed E-state index contributed by atoms with van der Waals surface area (Å²) in [6.07, 6.45) is 2.85. The largest absolute Gasteiger partial charge is 0.573 e. The summed E-state index contributed by atoms with van der Waals surface area (Å²) in [7, 11) is 1.67. The fraction of sp³-hybridized carbons (Fsp3) is 0.176. The minimum Gasteiger partial charge on any atom is -0.479 e. The number of imidazole rings is 1. The number of benzene rings is 1. The van der Waals surface area contributed by atoms with E-state index in [2.05, 4.69) is 15.0 Å². The van der Waals surface area contributed by atoms with E-state index in [1.165, 1.54) is 30.7 Å². The van der Waals surface area contributed by atoms with Gasteiger partial charge in [0.05, 0.1) is 12.0 Å². The SMILES string of the molecule is Cn1cnc(C2(C(=O)O)C=CC=CN2)c1-c1ccc(OC(F)(F)F)cc1. The number of allylic oxidation sites excluding steroid dienone is 2. The second kappa shape index (κ2) is 6.25. The van der Waals surface area contributed by atoms with Gasteiger partial charge in [-0.25, -0.2) is 9.78 Å². The number of aromatic nitrogens is 2. The molecular formula is C17H14F3N3O3. The second-order valence-electron chi connectivity index (χ2n) is 5.60. The summed E-state index contributed by atoms with van der Waals surface area (Å²) >= 11 is 0. The van der Waals surface area contributed by atoms with E-state index >= 15 is 0 Å². The smallest absolute Gasteiger partial charge is 0.479 e. The van der Waals surface area contributed by atoms with Gasteiger partial charge in [0.2, 0.25) is 0 Å². The molecule has 1 aromatic heterocycles. The summed E-state index contributed by atoms with van der Waals surface area (Å²) in [6, 6.07) is 5.16. The fourth-order valence-corrected chi connectivity index (χ4v) is 2.74. The number of hydrogen-bond acceptors (Lipinski definition) is 4. The van der Waals surface area contributed by atoms with Crippen molar-refractivity contribution in [2.24, 2.45) is 7.05 Å². The molecule has 2 aromatic rings. The molecule has 2 N–H and O–H groups in total. The van der Waals surface area contributed by atoms with Crippen LogP contribution in [0.3, 0.4) is 0 Å². The van der Waals surface area contributed by atoms with Crippen molar-refractivity contribution in [3.8, 4) is 17.0 Å². The van der Waals surface area contributed by atoms with Crippen LogP contribution in [0, 0.1) is 0 Å². The summed E-state index contributed by atoms with van der Waals surface area (Å²) < 4.78 is 42.4. The number of ether oxygens (including phenoxy) is 1. The molecule has 0 radical (unpaired) electrons. The van der Waals surface area contributed by atoms with Crippen LogP contribution in [0.1, 0.15) is 5.69 Å². The van der Waals surface area contributed by atoms with Crippen LogP contribution in [0.25, 0.3) is 11.3 Å². The molecule has 136 valence electrons. The van der Waals surface area contributed by atoms with E-state index in [9.17, 15) is 23.1 Å². The molecule has 3 rings (SSSR count). The Morgan fingerprint density at radius 3 is 2.50 bits per heavy atom. The van der Waals surface area contributed by atoms with Crippen molar-refractivity contribution in [2.75, 3.05) is 0 Å². The summed E-state index contributed by atoms with van der Waals surface area (Å²) in [5.41, 5.74) is -0.400. The van der Waals surface area contributed by atoms with E-state index in [0.29, 0.717) is 11.3 Å². The molecule has 1 unspecified atom stereocenters. The number of nitrogens with one attached hydrogen (secondary N) is 1. The Kier molecular flexibility index (Phi) is 4.23. The number of nitrogens with zero attached hydrogens (tertiary/aromatic N) is 2. The van der Waals surface area contributed by atoms with Crippen molar-refractivity contribution >= 4 is 5.97 Å². The van der Waals surface area contributed by atoms with Crippen LogP contribution in [0.5, 0.6) is 5.75 Å². The van der Waals surface area contributed by atoms with Crippen LogP contribution >= 0.6 is 0 Å². The zero-order chi connectivity index (χ0) is 18.9. The Bertz CT molecular complexity index is 885. The predicted octanol–water partition coefficient (Wildman–Crippen LogP) is 2.94. The van der Waals surface area contributed by atoms with Gasteiger partial charge in [0.15, 0.2) is 5.54 Å². The van der Waals surface area contributed by atoms with Crippen LogP contribution in [0.15, 0.2) is 55.0 Å². The summed E-state index contributed by atoms with van der Waals surface area (Å²) in [5, 5.41) is 12.6. The molecule has 1 atom stereocenters. The average molecular weight is 365 g/mol. The first-order valence-corrected chi connectivity index (χ1v) is 7.46. The number of rotatable bonds is 4. The lowest BCUT2D eigenvalue weighted by atomic mass is 9.90. The van der Waals surface area contributed by atoms with E-state index < -0.39 is 17.9 Å². The molecule has 0 saturated carbocycles. The summed E-state index contributed by atoms with van der Waals surface area (Å²) in [5.74, 6) is -1.52. The summed E-state index contributed by atoms with van der Waals surface area (Å²) in [4.78, 5) is 16.2. The van der Waals surface area contributed by atoms with Gasteiger partial charge in [0.1, 0.15) is 11.4 Å². The van der Waals surface area contributed by atoms with Gasteiger partial charge >= 0.3 is 12.3 Å². The van der Waals surface area contributed by atoms with E-state index in [4.69, 9.17) is 0 Å². The molecule has 1 aliphatic rings. The van der Waals surface area contributed by atoms with Gasteiger partial charge in [-0.1, -0.05) is 6.08 Å². The minimum atomic E-state index is -4.78. The third kappa shape index (κ3) is 3.15. The number of aliphatic carboxylic acids is 1. The number of dihydropyridines is 1. The van der Waals surface area contributed by atoms with Gasteiger partial charge in [-0.05, 0) is 42.6 Å². The van der Waals surface area contributed by atoms with Crippen LogP contribution in [0.4, 0.5) is 13.2 Å². The average Bonchev–Trinajstić information content (AvgIpc) is 2.97. The topological polar surface area (TPSA) is 76.4 Å². The van der Waals surface area contributed by atoms with Crippen molar-refractivity contribution in [2.45, 2.75) is 11.9 Å². The van der Waals surface area contributed by atoms with Gasteiger partial charge in [-0.2, -0.15) is 0 Å². The lowest BCUT2D eigenvalue weighted by Gasteiger charge is -2.28. The first-order chi connectivity index (χ1) is 12.2. The highest BCUT2D eigenvalue weighted by Gasteiger charge is 2.42. The Morgan fingerprint density at radius 1 is 1.27 bits per heavy atom. The van der Waals surface area contributed by atoms with Crippen molar-refractivity contribution in [3.05, 3.63) is 60.7 Å². The summed E-state index contributed by atoms with van der Waals surface area (Å²) in [6.45, 7) is 0. The number of hydrogen-bond donors (Lipinski definition) is 2. The normalized spacial score (nSPS) is 19.2. The molecule has 6 nitrogen and oxygen atoms in total. The molecule has 0 amide bonds. The van der Waals surface area contributed by atoms with E-state index in [1.807, 2.05) is 0 Å². The van der Waals surface area contributed by atoms with Gasteiger partial charge in [0, 0.05) is 12.6 Å². The maximum Gasteiger partial charge on any atom is 0.573 e. The molecule has 2 heterocycles. The number of carboxylic acid groups (broad SMARTS) is 1. The van der Waals surface area contributed by atoms with Crippen LogP contribution in [0.2, 0.25) is 0 Å². The Morgan fingerprint density at radius 2 is 1.96 bits per heavy atom. The van der Waals surface area contributed by atoms with Crippen molar-refractivity contribution in [1.29, 1.82) is 0 Å². The highest BCUT2D eigenvalue weighted by molar-refractivity contribution is 5.86. The Balaban J connectivity index is 2.05. The maximum atomic E-state index is 12.3. The lowest BCUT2D eigenvalue weighted by Crippen LogP contribution is -2.46. The molecule has 0 saturated heterocycles. The van der Waals surface area contributed by atoms with Gasteiger partial charge in [0.25, 0.3) is 0 Å². The molecule has 0 fully saturated rings. The first-order valence-electron chi connectivity index (χ1n) is 7.46. The number of carboxylic acids is 1. The van der Waals surface area contributed by atoms with Crippen molar-refractivity contribution in [3.63, 3.8) is 0 Å². The maximum absolute atomic E-state index is 12.3. The van der Waals surface area contributed by atoms with E-state index in [-0.39, 0.29) is 11.4 Å². The van der Waals surface area contributed by atoms with E-state index in [0.717, 1.165) is 12.1 Å². The molecule has 0 aliphatic carbocycles. The number of aryl methyl sites for hydroxylation is 1. The highest BCUT2D eigenvalue weighted by atomic mass is 19.4. The molecule has 1 aliphatic heterocycles. The zero-order valence-corrected chi connectivity index (χ0v) is 13.5. The lowest BCUT2D eigenvalue weighted by molar-refractivity contribution is -0.274. The molecule has 1 aromatic carbocycles. The number of halogens is 3. The minimum absolute atomic E-state index is 0.220.